The van der Waals surface area contributed by atoms with Gasteiger partial charge < -0.3 is 20.2 Å². The number of anilines is 3. The third-order valence-corrected chi connectivity index (χ3v) is 10.0. The number of sulfonamides is 1. The van der Waals surface area contributed by atoms with Gasteiger partial charge in [-0.25, -0.2) is 32.0 Å². The van der Waals surface area contributed by atoms with Gasteiger partial charge in [0.1, 0.15) is 16.8 Å². The van der Waals surface area contributed by atoms with Crippen LogP contribution in [0.4, 0.5) is 26.2 Å². The molecular weight excluding hydrogens is 568 g/mol. The summed E-state index contributed by atoms with van der Waals surface area (Å²) in [5.74, 6) is -1.82. The van der Waals surface area contributed by atoms with Gasteiger partial charge >= 0.3 is 0 Å². The van der Waals surface area contributed by atoms with Crippen LogP contribution < -0.4 is 20.3 Å². The standard InChI is InChI=1S/C27H35F2N9O3S/c1-31-24-15-19(32-25(33-24)37-12-8-27(28,29)9-13-37)20-16-38(35-34-20)21-3-2-18(23(17-39)42(30,40)41)14-22(21)36-10-6-26(4-5-26)7-11-36/h2-3,14-16,23,39H,4-13,17H2,1H3,(H2,30,40,41)(H,31,32,33). The van der Waals surface area contributed by atoms with Gasteiger partial charge in [-0.05, 0) is 48.8 Å². The van der Waals surface area contributed by atoms with E-state index in [2.05, 4.69) is 30.5 Å². The lowest BCUT2D eigenvalue weighted by atomic mass is 9.93. The quantitative estimate of drug-likeness (QED) is 0.350. The van der Waals surface area contributed by atoms with E-state index in [0.717, 1.165) is 31.6 Å². The number of aliphatic hydroxyl groups excluding tert-OH is 1. The lowest BCUT2D eigenvalue weighted by molar-refractivity contribution is -0.0222. The van der Waals surface area contributed by atoms with E-state index in [1.165, 1.54) is 12.8 Å². The highest BCUT2D eigenvalue weighted by Crippen LogP contribution is 2.54. The van der Waals surface area contributed by atoms with Gasteiger partial charge in [-0.2, -0.15) is 4.98 Å². The summed E-state index contributed by atoms with van der Waals surface area (Å²) in [5.41, 5.74) is 3.24. The normalized spacial score (nSPS) is 20.5. The van der Waals surface area contributed by atoms with Gasteiger partial charge in [0.2, 0.25) is 16.0 Å². The van der Waals surface area contributed by atoms with Crippen LogP contribution in [0.15, 0.2) is 30.5 Å². The van der Waals surface area contributed by atoms with Crippen LogP contribution in [0.2, 0.25) is 0 Å². The van der Waals surface area contributed by atoms with E-state index < -0.39 is 27.8 Å². The van der Waals surface area contributed by atoms with E-state index >= 15 is 0 Å². The first-order valence-corrected chi connectivity index (χ1v) is 15.7. The number of primary sulfonamides is 1. The smallest absolute Gasteiger partial charge is 0.251 e. The fourth-order valence-electron chi connectivity index (χ4n) is 5.85. The van der Waals surface area contributed by atoms with Crippen molar-refractivity contribution in [3.05, 3.63) is 36.0 Å². The summed E-state index contributed by atoms with van der Waals surface area (Å²) < 4.78 is 53.5. The van der Waals surface area contributed by atoms with Crippen molar-refractivity contribution < 1.29 is 22.3 Å². The molecule has 4 heterocycles. The van der Waals surface area contributed by atoms with Crippen molar-refractivity contribution in [2.75, 3.05) is 55.0 Å². The molecule has 0 radical (unpaired) electrons. The Morgan fingerprint density at radius 2 is 1.67 bits per heavy atom. The maximum Gasteiger partial charge on any atom is 0.251 e. The molecule has 12 nitrogen and oxygen atoms in total. The molecule has 3 fully saturated rings. The Bertz CT molecular complexity index is 1560. The van der Waals surface area contributed by atoms with E-state index in [9.17, 15) is 22.3 Å². The molecule has 1 spiro atoms. The van der Waals surface area contributed by atoms with Crippen LogP contribution in [0.25, 0.3) is 17.1 Å². The molecule has 3 aromatic rings. The lowest BCUT2D eigenvalue weighted by Gasteiger charge is -2.35. The van der Waals surface area contributed by atoms with Gasteiger partial charge in [0.25, 0.3) is 5.92 Å². The number of hydrogen-bond acceptors (Lipinski definition) is 10. The van der Waals surface area contributed by atoms with Crippen molar-refractivity contribution in [3.63, 3.8) is 0 Å². The second-order valence-electron chi connectivity index (χ2n) is 11.6. The van der Waals surface area contributed by atoms with E-state index in [-0.39, 0.29) is 25.9 Å². The number of nitrogens with zero attached hydrogens (tertiary/aromatic N) is 7. The topological polar surface area (TPSA) is 155 Å². The second kappa shape index (κ2) is 10.7. The summed E-state index contributed by atoms with van der Waals surface area (Å²) in [6.07, 6.45) is 5.80. The highest BCUT2D eigenvalue weighted by Gasteiger charge is 2.44. The number of alkyl halides is 2. The van der Waals surface area contributed by atoms with Crippen molar-refractivity contribution in [2.24, 2.45) is 10.6 Å². The van der Waals surface area contributed by atoms with Crippen molar-refractivity contribution in [1.29, 1.82) is 0 Å². The zero-order valence-corrected chi connectivity index (χ0v) is 24.2. The fourth-order valence-corrected chi connectivity index (χ4v) is 6.59. The molecule has 3 aliphatic rings. The molecule has 1 saturated carbocycles. The van der Waals surface area contributed by atoms with Crippen LogP contribution in [-0.2, 0) is 10.0 Å². The Morgan fingerprint density at radius 3 is 2.29 bits per heavy atom. The Morgan fingerprint density at radius 1 is 0.976 bits per heavy atom. The zero-order chi connectivity index (χ0) is 29.7. The summed E-state index contributed by atoms with van der Waals surface area (Å²) in [6.45, 7) is 1.28. The third-order valence-electron chi connectivity index (χ3n) is 8.81. The summed E-state index contributed by atoms with van der Waals surface area (Å²) in [5, 5.41) is 25.8. The molecule has 1 aromatic carbocycles. The number of aliphatic hydroxyl groups is 1. The van der Waals surface area contributed by atoms with Gasteiger partial charge in [-0.1, -0.05) is 11.3 Å². The van der Waals surface area contributed by atoms with Gasteiger partial charge in [0.15, 0.2) is 0 Å². The monoisotopic (exact) mass is 603 g/mol. The minimum Gasteiger partial charge on any atom is -0.395 e. The number of aromatic nitrogens is 5. The fraction of sp³-hybridized carbons (Fsp3) is 0.556. The van der Waals surface area contributed by atoms with E-state index in [1.807, 2.05) is 0 Å². The molecule has 2 aliphatic heterocycles. The Balaban J connectivity index is 1.35. The number of piperidine rings is 2. The summed E-state index contributed by atoms with van der Waals surface area (Å²) >= 11 is 0. The Hall–Kier alpha value is -3.43. The molecule has 0 amide bonds. The zero-order valence-electron chi connectivity index (χ0n) is 23.4. The van der Waals surface area contributed by atoms with Crippen molar-refractivity contribution in [2.45, 2.75) is 49.7 Å². The van der Waals surface area contributed by atoms with Crippen molar-refractivity contribution in [1.82, 2.24) is 25.0 Å². The van der Waals surface area contributed by atoms with Crippen LogP contribution in [0.1, 0.15) is 49.3 Å². The number of nitrogens with one attached hydrogen (secondary N) is 1. The van der Waals surface area contributed by atoms with Crippen molar-refractivity contribution >= 4 is 27.5 Å². The SMILES string of the molecule is CNc1cc(-c2cn(-c3ccc(C(CO)S(N)(=O)=O)cc3N3CCC4(CC3)CC4)nn2)nc(N2CCC(F)(F)CC2)n1. The minimum atomic E-state index is -4.03. The molecule has 1 unspecified atom stereocenters. The Kier molecular flexibility index (Phi) is 7.30. The van der Waals surface area contributed by atoms with Crippen LogP contribution in [0, 0.1) is 5.41 Å². The number of benzene rings is 1. The van der Waals surface area contributed by atoms with Crippen LogP contribution in [0.3, 0.4) is 0 Å². The van der Waals surface area contributed by atoms with E-state index in [4.69, 9.17) is 5.14 Å². The maximum atomic E-state index is 13.8. The second-order valence-corrected chi connectivity index (χ2v) is 13.3. The highest BCUT2D eigenvalue weighted by molar-refractivity contribution is 7.89. The lowest BCUT2D eigenvalue weighted by Crippen LogP contribution is -2.40. The predicted octanol–water partition coefficient (Wildman–Crippen LogP) is 2.70. The molecule has 0 bridgehead atoms. The first kappa shape index (κ1) is 28.7. The molecule has 226 valence electrons. The number of halogens is 2. The molecule has 2 saturated heterocycles. The molecule has 4 N–H and O–H groups in total. The van der Waals surface area contributed by atoms with Gasteiger partial charge in [0.05, 0.1) is 29.9 Å². The minimum absolute atomic E-state index is 0.145. The highest BCUT2D eigenvalue weighted by atomic mass is 32.2. The van der Waals surface area contributed by atoms with Crippen LogP contribution in [-0.4, -0.2) is 84.2 Å². The van der Waals surface area contributed by atoms with Crippen LogP contribution >= 0.6 is 0 Å². The average Bonchev–Trinajstić information content (AvgIpc) is 3.52. The summed E-state index contributed by atoms with van der Waals surface area (Å²) in [4.78, 5) is 13.1. The summed E-state index contributed by atoms with van der Waals surface area (Å²) in [7, 11) is -2.31. The third kappa shape index (κ3) is 5.77. The van der Waals surface area contributed by atoms with Gasteiger partial charge in [0, 0.05) is 52.1 Å². The van der Waals surface area contributed by atoms with Gasteiger partial charge in [-0.3, -0.25) is 0 Å². The van der Waals surface area contributed by atoms with Crippen molar-refractivity contribution in [3.8, 4) is 17.1 Å². The van der Waals surface area contributed by atoms with Crippen LogP contribution in [0.5, 0.6) is 0 Å². The number of hydrogen-bond donors (Lipinski definition) is 3. The van der Waals surface area contributed by atoms with Gasteiger partial charge in [-0.15, -0.1) is 5.10 Å². The molecular formula is C27H35F2N9O3S. The number of rotatable bonds is 8. The summed E-state index contributed by atoms with van der Waals surface area (Å²) in [6, 6.07) is 6.88. The first-order valence-electron chi connectivity index (χ1n) is 14.1. The molecule has 42 heavy (non-hydrogen) atoms. The molecule has 15 heteroatoms. The Labute approximate surface area is 243 Å². The average molecular weight is 604 g/mol. The maximum absolute atomic E-state index is 13.8. The molecule has 1 aliphatic carbocycles. The largest absolute Gasteiger partial charge is 0.395 e. The number of nitrogens with two attached hydrogens (primary N) is 1. The van der Waals surface area contributed by atoms with E-state index in [1.54, 1.807) is 47.1 Å². The molecule has 1 atom stereocenters. The molecule has 2 aromatic heterocycles. The van der Waals surface area contributed by atoms with E-state index in [0.29, 0.717) is 39.8 Å². The predicted molar refractivity (Wildman–Crippen MR) is 154 cm³/mol. The molecule has 6 rings (SSSR count). The first-order chi connectivity index (χ1) is 20.0.